The Morgan fingerprint density at radius 3 is 2.27 bits per heavy atom. The van der Waals surface area contributed by atoms with E-state index in [1.165, 1.54) is 25.1 Å². The van der Waals surface area contributed by atoms with Crippen LogP contribution in [0.25, 0.3) is 0 Å². The Morgan fingerprint density at radius 2 is 1.80 bits per heavy atom. The molecule has 0 saturated heterocycles. The minimum Gasteiger partial charge on any atom is -0.376 e. The lowest BCUT2D eigenvalue weighted by molar-refractivity contribution is -0.259. The van der Waals surface area contributed by atoms with Crippen molar-refractivity contribution in [2.24, 2.45) is 0 Å². The first kappa shape index (κ1) is 12.3. The Labute approximate surface area is 90.5 Å². The normalized spacial score (nSPS) is 16.2. The molecule has 1 nitrogen and oxygen atoms in total. The van der Waals surface area contributed by atoms with E-state index in [0.717, 1.165) is 0 Å². The topological polar surface area (TPSA) is 20.2 Å². The largest absolute Gasteiger partial charge is 0.421 e. The molecule has 0 radical (unpaired) electrons. The van der Waals surface area contributed by atoms with E-state index in [4.69, 9.17) is 11.6 Å². The SMILES string of the molecule is Cc1c(Cl)cccc1C(C)(O)C(F)(F)F. The van der Waals surface area contributed by atoms with Crippen LogP contribution >= 0.6 is 11.6 Å². The fourth-order valence-corrected chi connectivity index (χ4v) is 1.46. The van der Waals surface area contributed by atoms with E-state index in [9.17, 15) is 18.3 Å². The molecule has 1 aromatic carbocycles. The predicted octanol–water partition coefficient (Wildman–Crippen LogP) is 3.42. The Morgan fingerprint density at radius 1 is 1.27 bits per heavy atom. The molecule has 84 valence electrons. The second-order valence-corrected chi connectivity index (χ2v) is 3.89. The monoisotopic (exact) mass is 238 g/mol. The molecule has 0 aliphatic heterocycles. The number of aliphatic hydroxyl groups is 1. The van der Waals surface area contributed by atoms with E-state index in [2.05, 4.69) is 0 Å². The maximum absolute atomic E-state index is 12.5. The number of halogens is 4. The summed E-state index contributed by atoms with van der Waals surface area (Å²) in [5, 5.41) is 9.65. The van der Waals surface area contributed by atoms with Crippen LogP contribution in [0.2, 0.25) is 5.02 Å². The van der Waals surface area contributed by atoms with Gasteiger partial charge in [-0.05, 0) is 31.0 Å². The molecule has 0 amide bonds. The summed E-state index contributed by atoms with van der Waals surface area (Å²) in [6, 6.07) is 4.08. The Kier molecular flexibility index (Phi) is 3.03. The summed E-state index contributed by atoms with van der Waals surface area (Å²) in [6.45, 7) is 2.16. The Bertz CT molecular complexity index is 371. The van der Waals surface area contributed by atoms with Crippen molar-refractivity contribution in [2.45, 2.75) is 25.6 Å². The first-order chi connectivity index (χ1) is 6.68. The average Bonchev–Trinajstić information content (AvgIpc) is 2.07. The third-order valence-electron chi connectivity index (χ3n) is 2.34. The molecule has 1 aromatic rings. The third kappa shape index (κ3) is 2.11. The fraction of sp³-hybridized carbons (Fsp3) is 0.400. The van der Waals surface area contributed by atoms with Crippen molar-refractivity contribution in [1.82, 2.24) is 0 Å². The summed E-state index contributed by atoms with van der Waals surface area (Å²) in [6.07, 6.45) is -4.72. The highest BCUT2D eigenvalue weighted by Crippen LogP contribution is 2.40. The lowest BCUT2D eigenvalue weighted by atomic mass is 9.91. The first-order valence-electron chi connectivity index (χ1n) is 4.22. The van der Waals surface area contributed by atoms with Gasteiger partial charge in [0.1, 0.15) is 0 Å². The molecule has 0 spiro atoms. The van der Waals surface area contributed by atoms with Gasteiger partial charge >= 0.3 is 6.18 Å². The van der Waals surface area contributed by atoms with Gasteiger partial charge in [-0.3, -0.25) is 0 Å². The van der Waals surface area contributed by atoms with E-state index in [-0.39, 0.29) is 16.1 Å². The summed E-state index contributed by atoms with van der Waals surface area (Å²) < 4.78 is 37.6. The number of hydrogen-bond donors (Lipinski definition) is 1. The lowest BCUT2D eigenvalue weighted by Crippen LogP contribution is -2.39. The molecular weight excluding hydrogens is 229 g/mol. The molecule has 1 atom stereocenters. The molecule has 1 unspecified atom stereocenters. The molecule has 0 heterocycles. The second-order valence-electron chi connectivity index (χ2n) is 3.48. The first-order valence-corrected chi connectivity index (χ1v) is 4.60. The quantitative estimate of drug-likeness (QED) is 0.795. The van der Waals surface area contributed by atoms with E-state index in [0.29, 0.717) is 6.92 Å². The smallest absolute Gasteiger partial charge is 0.376 e. The van der Waals surface area contributed by atoms with Gasteiger partial charge in [0.2, 0.25) is 0 Å². The van der Waals surface area contributed by atoms with Crippen molar-refractivity contribution in [3.8, 4) is 0 Å². The van der Waals surface area contributed by atoms with Crippen LogP contribution in [0.3, 0.4) is 0 Å². The van der Waals surface area contributed by atoms with Gasteiger partial charge in [-0.25, -0.2) is 0 Å². The van der Waals surface area contributed by atoms with Crippen LogP contribution in [0.15, 0.2) is 18.2 Å². The Hall–Kier alpha value is -0.740. The summed E-state index contributed by atoms with van der Waals surface area (Å²) in [7, 11) is 0. The van der Waals surface area contributed by atoms with E-state index in [1.54, 1.807) is 0 Å². The van der Waals surface area contributed by atoms with Gasteiger partial charge in [0.15, 0.2) is 5.60 Å². The highest BCUT2D eigenvalue weighted by Gasteiger charge is 2.51. The summed E-state index contributed by atoms with van der Waals surface area (Å²) in [5.74, 6) is 0. The molecule has 0 aliphatic rings. The summed E-state index contributed by atoms with van der Waals surface area (Å²) in [4.78, 5) is 0. The molecule has 1 rings (SSSR count). The standard InChI is InChI=1S/C10H10ClF3O/c1-6-7(4-3-5-8(6)11)9(2,15)10(12,13)14/h3-5,15H,1-2H3. The van der Waals surface area contributed by atoms with E-state index >= 15 is 0 Å². The lowest BCUT2D eigenvalue weighted by Gasteiger charge is -2.28. The predicted molar refractivity (Wildman–Crippen MR) is 51.8 cm³/mol. The van der Waals surface area contributed by atoms with Crippen LogP contribution in [0, 0.1) is 6.92 Å². The number of alkyl halides is 3. The van der Waals surface area contributed by atoms with Crippen molar-refractivity contribution in [3.63, 3.8) is 0 Å². The molecule has 0 bridgehead atoms. The Balaban J connectivity index is 3.34. The van der Waals surface area contributed by atoms with Gasteiger partial charge in [-0.2, -0.15) is 13.2 Å². The third-order valence-corrected chi connectivity index (χ3v) is 2.75. The van der Waals surface area contributed by atoms with Crippen LogP contribution in [-0.4, -0.2) is 11.3 Å². The average molecular weight is 239 g/mol. The molecule has 0 aliphatic carbocycles. The maximum Gasteiger partial charge on any atom is 0.421 e. The molecule has 5 heteroatoms. The van der Waals surface area contributed by atoms with E-state index < -0.39 is 11.8 Å². The van der Waals surface area contributed by atoms with Gasteiger partial charge in [-0.15, -0.1) is 0 Å². The minimum absolute atomic E-state index is 0.206. The second kappa shape index (κ2) is 3.68. The van der Waals surface area contributed by atoms with Crippen molar-refractivity contribution >= 4 is 11.6 Å². The van der Waals surface area contributed by atoms with Gasteiger partial charge in [0.25, 0.3) is 0 Å². The molecule has 1 N–H and O–H groups in total. The molecular formula is C10H10ClF3O. The van der Waals surface area contributed by atoms with Crippen molar-refractivity contribution < 1.29 is 18.3 Å². The molecule has 0 aromatic heterocycles. The molecule has 15 heavy (non-hydrogen) atoms. The zero-order valence-corrected chi connectivity index (χ0v) is 8.95. The minimum atomic E-state index is -4.72. The van der Waals surface area contributed by atoms with Crippen LogP contribution < -0.4 is 0 Å². The van der Waals surface area contributed by atoms with Gasteiger partial charge in [-0.1, -0.05) is 23.7 Å². The highest BCUT2D eigenvalue weighted by molar-refractivity contribution is 6.31. The maximum atomic E-state index is 12.5. The van der Waals surface area contributed by atoms with Crippen molar-refractivity contribution in [1.29, 1.82) is 0 Å². The van der Waals surface area contributed by atoms with Crippen molar-refractivity contribution in [3.05, 3.63) is 34.3 Å². The van der Waals surface area contributed by atoms with Crippen LogP contribution in [0.5, 0.6) is 0 Å². The zero-order valence-electron chi connectivity index (χ0n) is 8.19. The molecule has 0 fully saturated rings. The van der Waals surface area contributed by atoms with E-state index in [1.807, 2.05) is 0 Å². The number of benzene rings is 1. The summed E-state index contributed by atoms with van der Waals surface area (Å²) >= 11 is 5.69. The van der Waals surface area contributed by atoms with Gasteiger partial charge in [0, 0.05) is 5.02 Å². The fourth-order valence-electron chi connectivity index (χ4n) is 1.29. The van der Waals surface area contributed by atoms with Gasteiger partial charge < -0.3 is 5.11 Å². The van der Waals surface area contributed by atoms with Gasteiger partial charge in [0.05, 0.1) is 0 Å². The number of hydrogen-bond acceptors (Lipinski definition) is 1. The zero-order chi connectivity index (χ0) is 11.9. The number of rotatable bonds is 1. The van der Waals surface area contributed by atoms with Crippen LogP contribution in [0.4, 0.5) is 13.2 Å². The summed E-state index contributed by atoms with van der Waals surface area (Å²) in [5.41, 5.74) is -2.86. The van der Waals surface area contributed by atoms with Crippen LogP contribution in [-0.2, 0) is 5.60 Å². The molecule has 0 saturated carbocycles. The van der Waals surface area contributed by atoms with Crippen molar-refractivity contribution in [2.75, 3.05) is 0 Å². The highest BCUT2D eigenvalue weighted by atomic mass is 35.5. The van der Waals surface area contributed by atoms with Crippen LogP contribution in [0.1, 0.15) is 18.1 Å².